The fourth-order valence-corrected chi connectivity index (χ4v) is 4.54. The summed E-state index contributed by atoms with van der Waals surface area (Å²) in [5.74, 6) is 0.317. The lowest BCUT2D eigenvalue weighted by Crippen LogP contribution is -2.38. The molecule has 4 heteroatoms. The molecule has 1 unspecified atom stereocenters. The van der Waals surface area contributed by atoms with Crippen molar-refractivity contribution in [1.82, 2.24) is 14.7 Å². The van der Waals surface area contributed by atoms with Crippen LogP contribution in [0.5, 0.6) is 0 Å². The Hall–Kier alpha value is -2.10. The van der Waals surface area contributed by atoms with Crippen LogP contribution in [0.25, 0.3) is 0 Å². The topological polar surface area (TPSA) is 38.1 Å². The zero-order valence-corrected chi connectivity index (χ0v) is 16.2. The summed E-state index contributed by atoms with van der Waals surface area (Å²) in [6, 6.07) is 9.44. The van der Waals surface area contributed by atoms with Crippen molar-refractivity contribution in [3.63, 3.8) is 0 Å². The second-order valence-electron chi connectivity index (χ2n) is 7.91. The first-order chi connectivity index (χ1) is 12.6. The van der Waals surface area contributed by atoms with Crippen molar-refractivity contribution in [2.24, 2.45) is 7.05 Å². The molecule has 0 saturated heterocycles. The van der Waals surface area contributed by atoms with Crippen LogP contribution in [-0.4, -0.2) is 26.6 Å². The van der Waals surface area contributed by atoms with Crippen LogP contribution in [0.4, 0.5) is 0 Å². The molecule has 2 aliphatic carbocycles. The predicted octanol–water partition coefficient (Wildman–Crippen LogP) is 4.04. The number of carbonyl (C=O) groups excluding carboxylic acids is 1. The van der Waals surface area contributed by atoms with E-state index in [9.17, 15) is 4.79 Å². The van der Waals surface area contributed by atoms with Crippen molar-refractivity contribution < 1.29 is 4.79 Å². The number of aryl methyl sites for hydroxylation is 3. The maximum Gasteiger partial charge on any atom is 0.223 e. The summed E-state index contributed by atoms with van der Waals surface area (Å²) in [6.07, 6.45) is 7.13. The first-order valence-corrected chi connectivity index (χ1v) is 9.94. The van der Waals surface area contributed by atoms with Gasteiger partial charge in [-0.15, -0.1) is 0 Å². The molecular formula is C22H29N3O. The molecule has 0 radical (unpaired) electrons. The second kappa shape index (κ2) is 6.90. The quantitative estimate of drug-likeness (QED) is 0.815. The fourth-order valence-electron chi connectivity index (χ4n) is 4.54. The maximum absolute atomic E-state index is 13.2. The molecule has 26 heavy (non-hydrogen) atoms. The number of aromatic nitrogens is 2. The van der Waals surface area contributed by atoms with Crippen molar-refractivity contribution in [1.29, 1.82) is 0 Å². The van der Waals surface area contributed by atoms with Crippen LogP contribution in [-0.2, 0) is 24.7 Å². The summed E-state index contributed by atoms with van der Waals surface area (Å²) >= 11 is 0. The predicted molar refractivity (Wildman–Crippen MR) is 103 cm³/mol. The highest BCUT2D eigenvalue weighted by atomic mass is 16.2. The average Bonchev–Trinajstić information content (AvgIpc) is 3.43. The number of hydrogen-bond donors (Lipinski definition) is 0. The first kappa shape index (κ1) is 17.3. The van der Waals surface area contributed by atoms with Crippen LogP contribution in [0.2, 0.25) is 0 Å². The zero-order valence-electron chi connectivity index (χ0n) is 16.2. The second-order valence-corrected chi connectivity index (χ2v) is 7.91. The third-order valence-electron chi connectivity index (χ3n) is 6.15. The summed E-state index contributed by atoms with van der Waals surface area (Å²) in [5.41, 5.74) is 6.28. The van der Waals surface area contributed by atoms with Crippen LogP contribution >= 0.6 is 0 Å². The molecule has 4 rings (SSSR count). The van der Waals surface area contributed by atoms with Crippen LogP contribution in [0.3, 0.4) is 0 Å². The van der Waals surface area contributed by atoms with E-state index in [1.165, 1.54) is 28.8 Å². The van der Waals surface area contributed by atoms with Gasteiger partial charge in [-0.25, -0.2) is 0 Å². The number of rotatable bonds is 5. The molecular weight excluding hydrogens is 322 g/mol. The number of fused-ring (bicyclic) bond motifs is 1. The molecule has 1 fully saturated rings. The van der Waals surface area contributed by atoms with Gasteiger partial charge in [0.2, 0.25) is 5.91 Å². The van der Waals surface area contributed by atoms with E-state index in [1.54, 1.807) is 0 Å². The van der Waals surface area contributed by atoms with E-state index in [0.29, 0.717) is 18.4 Å². The van der Waals surface area contributed by atoms with Crippen molar-refractivity contribution in [2.45, 2.75) is 70.9 Å². The Morgan fingerprint density at radius 3 is 2.69 bits per heavy atom. The average molecular weight is 351 g/mol. The van der Waals surface area contributed by atoms with E-state index in [0.717, 1.165) is 37.8 Å². The summed E-state index contributed by atoms with van der Waals surface area (Å²) < 4.78 is 1.92. The molecule has 1 heterocycles. The van der Waals surface area contributed by atoms with Gasteiger partial charge < -0.3 is 4.90 Å². The van der Waals surface area contributed by atoms with E-state index >= 15 is 0 Å². The smallest absolute Gasteiger partial charge is 0.223 e. The maximum atomic E-state index is 13.2. The third-order valence-corrected chi connectivity index (χ3v) is 6.15. The van der Waals surface area contributed by atoms with Gasteiger partial charge >= 0.3 is 0 Å². The van der Waals surface area contributed by atoms with E-state index in [-0.39, 0.29) is 6.04 Å². The minimum absolute atomic E-state index is 0.274. The van der Waals surface area contributed by atoms with Crippen molar-refractivity contribution >= 4 is 5.91 Å². The minimum Gasteiger partial charge on any atom is -0.333 e. The Balaban J connectivity index is 1.53. The molecule has 1 aromatic carbocycles. The number of benzene rings is 1. The van der Waals surface area contributed by atoms with Crippen molar-refractivity contribution in [3.05, 3.63) is 52.3 Å². The van der Waals surface area contributed by atoms with Gasteiger partial charge in [0, 0.05) is 25.2 Å². The Morgan fingerprint density at radius 1 is 1.23 bits per heavy atom. The van der Waals surface area contributed by atoms with Gasteiger partial charge in [0.1, 0.15) is 0 Å². The van der Waals surface area contributed by atoms with E-state index in [2.05, 4.69) is 41.2 Å². The summed E-state index contributed by atoms with van der Waals surface area (Å²) in [5, 5.41) is 4.49. The Morgan fingerprint density at radius 2 is 2.00 bits per heavy atom. The van der Waals surface area contributed by atoms with Gasteiger partial charge in [0.15, 0.2) is 0 Å². The van der Waals surface area contributed by atoms with Crippen LogP contribution in [0.1, 0.15) is 66.2 Å². The molecule has 0 bridgehead atoms. The lowest BCUT2D eigenvalue weighted by atomic mass is 9.86. The third kappa shape index (κ3) is 3.17. The summed E-state index contributed by atoms with van der Waals surface area (Å²) in [7, 11) is 1.98. The van der Waals surface area contributed by atoms with Gasteiger partial charge in [-0.1, -0.05) is 24.3 Å². The number of carbonyl (C=O) groups is 1. The van der Waals surface area contributed by atoms with Gasteiger partial charge in [0.25, 0.3) is 0 Å². The molecule has 1 saturated carbocycles. The Bertz CT molecular complexity index is 819. The largest absolute Gasteiger partial charge is 0.333 e. The molecule has 0 N–H and O–H groups in total. The molecule has 138 valence electrons. The first-order valence-electron chi connectivity index (χ1n) is 9.94. The monoisotopic (exact) mass is 351 g/mol. The molecule has 2 aromatic rings. The SMILES string of the molecule is Cc1nn(C)c(C)c1CCC(=O)N(C1CC1)C1CCCc2ccccc21. The lowest BCUT2D eigenvalue weighted by molar-refractivity contribution is -0.134. The van der Waals surface area contributed by atoms with Gasteiger partial charge in [-0.3, -0.25) is 9.48 Å². The Labute approximate surface area is 156 Å². The van der Waals surface area contributed by atoms with Crippen LogP contribution < -0.4 is 0 Å². The molecule has 1 atom stereocenters. The molecule has 1 aromatic heterocycles. The number of amides is 1. The molecule has 2 aliphatic rings. The van der Waals surface area contributed by atoms with Crippen LogP contribution in [0, 0.1) is 13.8 Å². The highest BCUT2D eigenvalue weighted by Crippen LogP contribution is 2.41. The van der Waals surface area contributed by atoms with Gasteiger partial charge in [-0.2, -0.15) is 5.10 Å². The zero-order chi connectivity index (χ0) is 18.3. The van der Waals surface area contributed by atoms with E-state index in [4.69, 9.17) is 0 Å². The summed E-state index contributed by atoms with van der Waals surface area (Å²) in [4.78, 5) is 15.5. The number of nitrogens with zero attached hydrogens (tertiary/aromatic N) is 3. The summed E-state index contributed by atoms with van der Waals surface area (Å²) in [6.45, 7) is 4.14. The normalized spacial score (nSPS) is 19.3. The van der Waals surface area contributed by atoms with Crippen molar-refractivity contribution in [3.8, 4) is 0 Å². The van der Waals surface area contributed by atoms with Crippen molar-refractivity contribution in [2.75, 3.05) is 0 Å². The van der Waals surface area contributed by atoms with Gasteiger partial charge in [0.05, 0.1) is 11.7 Å². The molecule has 0 aliphatic heterocycles. The Kier molecular flexibility index (Phi) is 4.60. The van der Waals surface area contributed by atoms with Gasteiger partial charge in [-0.05, 0) is 69.1 Å². The highest BCUT2D eigenvalue weighted by Gasteiger charge is 2.39. The lowest BCUT2D eigenvalue weighted by Gasteiger charge is -2.36. The molecule has 0 spiro atoms. The minimum atomic E-state index is 0.274. The van der Waals surface area contributed by atoms with E-state index in [1.807, 2.05) is 18.7 Å². The highest BCUT2D eigenvalue weighted by molar-refractivity contribution is 5.78. The van der Waals surface area contributed by atoms with Crippen LogP contribution in [0.15, 0.2) is 24.3 Å². The standard InChI is InChI=1S/C22H29N3O/c1-15-19(16(2)24(3)23-15)13-14-22(26)25(18-11-12-18)21-10-6-8-17-7-4-5-9-20(17)21/h4-5,7,9,18,21H,6,8,10-14H2,1-3H3. The van der Waals surface area contributed by atoms with E-state index < -0.39 is 0 Å². The molecule has 4 nitrogen and oxygen atoms in total. The molecule has 1 amide bonds. The number of hydrogen-bond acceptors (Lipinski definition) is 2. The fraction of sp³-hybridized carbons (Fsp3) is 0.545.